The molecule has 0 radical (unpaired) electrons. The molecule has 0 N–H and O–H groups in total. The second-order valence-electron chi connectivity index (χ2n) is 3.65. The van der Waals surface area contributed by atoms with Crippen LogP contribution in [0.1, 0.15) is 39.0 Å². The van der Waals surface area contributed by atoms with Crippen molar-refractivity contribution in [2.45, 2.75) is 39.0 Å². The maximum atomic E-state index is 10.7. The van der Waals surface area contributed by atoms with Gasteiger partial charge in [-0.2, -0.15) is 0 Å². The molecule has 2 nitrogen and oxygen atoms in total. The lowest BCUT2D eigenvalue weighted by molar-refractivity contribution is -0.117. The molecule has 2 heteroatoms. The Bertz CT molecular complexity index is 137. The molecule has 1 saturated heterocycles. The lowest BCUT2D eigenvalue weighted by Gasteiger charge is -2.21. The van der Waals surface area contributed by atoms with E-state index in [2.05, 4.69) is 0 Å². The Morgan fingerprint density at radius 1 is 1.42 bits per heavy atom. The molecule has 70 valence electrons. The van der Waals surface area contributed by atoms with E-state index < -0.39 is 0 Å². The number of Topliss-reactive ketones (excluding diaryl/α,β-unsaturated/α-hetero) is 1. The van der Waals surface area contributed by atoms with Crippen LogP contribution in [0.5, 0.6) is 0 Å². The monoisotopic (exact) mass is 170 g/mol. The van der Waals surface area contributed by atoms with E-state index in [0.717, 1.165) is 32.0 Å². The molecule has 0 aromatic rings. The molecule has 0 aromatic carbocycles. The predicted octanol–water partition coefficient (Wildman–Crippen LogP) is 2.17. The van der Waals surface area contributed by atoms with Crippen LogP contribution in [0.2, 0.25) is 0 Å². The molecule has 1 aliphatic heterocycles. The third-order valence-electron chi connectivity index (χ3n) is 2.48. The van der Waals surface area contributed by atoms with Gasteiger partial charge in [0.25, 0.3) is 0 Å². The van der Waals surface area contributed by atoms with E-state index in [1.54, 1.807) is 6.92 Å². The summed E-state index contributed by atoms with van der Waals surface area (Å²) in [7, 11) is 0. The van der Waals surface area contributed by atoms with Crippen molar-refractivity contribution in [1.29, 1.82) is 0 Å². The lowest BCUT2D eigenvalue weighted by Crippen LogP contribution is -2.15. The molecular weight excluding hydrogens is 152 g/mol. The normalized spacial score (nSPS) is 19.4. The van der Waals surface area contributed by atoms with Crippen molar-refractivity contribution >= 4 is 5.78 Å². The molecule has 0 unspecified atom stereocenters. The molecule has 0 bridgehead atoms. The number of carbonyl (C=O) groups excluding carboxylic acids is 1. The predicted molar refractivity (Wildman–Crippen MR) is 48.1 cm³/mol. The first kappa shape index (κ1) is 9.72. The van der Waals surface area contributed by atoms with E-state index in [4.69, 9.17) is 4.74 Å². The van der Waals surface area contributed by atoms with Gasteiger partial charge in [-0.25, -0.2) is 0 Å². The minimum Gasteiger partial charge on any atom is -0.381 e. The molecule has 0 atom stereocenters. The van der Waals surface area contributed by atoms with Gasteiger partial charge in [-0.1, -0.05) is 0 Å². The molecule has 1 heterocycles. The zero-order valence-corrected chi connectivity index (χ0v) is 7.84. The van der Waals surface area contributed by atoms with Gasteiger partial charge in [0.15, 0.2) is 0 Å². The highest BCUT2D eigenvalue weighted by molar-refractivity contribution is 5.75. The summed E-state index contributed by atoms with van der Waals surface area (Å²) in [5.41, 5.74) is 0. The third-order valence-corrected chi connectivity index (χ3v) is 2.48. The Balaban J connectivity index is 2.01. The van der Waals surface area contributed by atoms with E-state index in [1.165, 1.54) is 19.3 Å². The summed E-state index contributed by atoms with van der Waals surface area (Å²) in [6.07, 6.45) is 5.43. The topological polar surface area (TPSA) is 26.3 Å². The summed E-state index contributed by atoms with van der Waals surface area (Å²) in [5.74, 6) is 1.14. The van der Waals surface area contributed by atoms with Crippen LogP contribution in [0.15, 0.2) is 0 Å². The van der Waals surface area contributed by atoms with Crippen molar-refractivity contribution in [3.05, 3.63) is 0 Å². The molecule has 0 saturated carbocycles. The quantitative estimate of drug-likeness (QED) is 0.646. The van der Waals surface area contributed by atoms with Gasteiger partial charge in [0.2, 0.25) is 0 Å². The Labute approximate surface area is 74.3 Å². The van der Waals surface area contributed by atoms with Crippen LogP contribution < -0.4 is 0 Å². The van der Waals surface area contributed by atoms with Gasteiger partial charge in [0, 0.05) is 19.6 Å². The first-order valence-corrected chi connectivity index (χ1v) is 4.86. The fourth-order valence-electron chi connectivity index (χ4n) is 1.67. The summed E-state index contributed by atoms with van der Waals surface area (Å²) in [4.78, 5) is 10.7. The van der Waals surface area contributed by atoms with Crippen LogP contribution >= 0.6 is 0 Å². The summed E-state index contributed by atoms with van der Waals surface area (Å²) >= 11 is 0. The highest BCUT2D eigenvalue weighted by Crippen LogP contribution is 2.20. The van der Waals surface area contributed by atoms with Gasteiger partial charge in [-0.15, -0.1) is 0 Å². The minimum atomic E-state index is 0.321. The number of rotatable bonds is 4. The highest BCUT2D eigenvalue weighted by Gasteiger charge is 2.12. The molecule has 0 aliphatic carbocycles. The first-order valence-electron chi connectivity index (χ1n) is 4.86. The van der Waals surface area contributed by atoms with E-state index in [0.29, 0.717) is 5.78 Å². The van der Waals surface area contributed by atoms with Gasteiger partial charge >= 0.3 is 0 Å². The van der Waals surface area contributed by atoms with Crippen LogP contribution in [-0.2, 0) is 9.53 Å². The number of carbonyl (C=O) groups is 1. The van der Waals surface area contributed by atoms with Gasteiger partial charge < -0.3 is 9.53 Å². The summed E-state index contributed by atoms with van der Waals surface area (Å²) in [6, 6.07) is 0. The van der Waals surface area contributed by atoms with Crippen molar-refractivity contribution in [1.82, 2.24) is 0 Å². The second-order valence-corrected chi connectivity index (χ2v) is 3.65. The summed E-state index contributed by atoms with van der Waals surface area (Å²) in [5, 5.41) is 0. The van der Waals surface area contributed by atoms with Crippen molar-refractivity contribution < 1.29 is 9.53 Å². The zero-order chi connectivity index (χ0) is 8.81. The average molecular weight is 170 g/mol. The molecule has 1 aliphatic rings. The van der Waals surface area contributed by atoms with Crippen molar-refractivity contribution in [2.24, 2.45) is 5.92 Å². The van der Waals surface area contributed by atoms with E-state index in [1.807, 2.05) is 0 Å². The van der Waals surface area contributed by atoms with E-state index in [9.17, 15) is 4.79 Å². The average Bonchev–Trinajstić information content (AvgIpc) is 2.05. The fraction of sp³-hybridized carbons (Fsp3) is 0.900. The number of hydrogen-bond acceptors (Lipinski definition) is 2. The fourth-order valence-corrected chi connectivity index (χ4v) is 1.67. The Morgan fingerprint density at radius 2 is 2.08 bits per heavy atom. The first-order chi connectivity index (χ1) is 5.79. The van der Waals surface area contributed by atoms with Gasteiger partial charge in [-0.05, 0) is 38.5 Å². The molecule has 0 spiro atoms. The second kappa shape index (κ2) is 5.31. The van der Waals surface area contributed by atoms with Crippen LogP contribution in [0.4, 0.5) is 0 Å². The SMILES string of the molecule is CC(=O)CCCC1CCOCC1. The Morgan fingerprint density at radius 3 is 2.67 bits per heavy atom. The third kappa shape index (κ3) is 3.86. The van der Waals surface area contributed by atoms with Crippen LogP contribution in [0, 0.1) is 5.92 Å². The molecule has 0 aromatic heterocycles. The van der Waals surface area contributed by atoms with Gasteiger partial charge in [-0.3, -0.25) is 0 Å². The van der Waals surface area contributed by atoms with E-state index >= 15 is 0 Å². The smallest absolute Gasteiger partial charge is 0.129 e. The molecule has 1 rings (SSSR count). The highest BCUT2D eigenvalue weighted by atomic mass is 16.5. The maximum Gasteiger partial charge on any atom is 0.129 e. The van der Waals surface area contributed by atoms with E-state index in [-0.39, 0.29) is 0 Å². The molecule has 12 heavy (non-hydrogen) atoms. The van der Waals surface area contributed by atoms with Crippen molar-refractivity contribution in [3.63, 3.8) is 0 Å². The van der Waals surface area contributed by atoms with Crippen molar-refractivity contribution in [2.75, 3.05) is 13.2 Å². The summed E-state index contributed by atoms with van der Waals surface area (Å²) in [6.45, 7) is 3.51. The summed E-state index contributed by atoms with van der Waals surface area (Å²) < 4.78 is 5.26. The largest absolute Gasteiger partial charge is 0.381 e. The number of ether oxygens (including phenoxy) is 1. The molecule has 0 amide bonds. The standard InChI is InChI=1S/C10H18O2/c1-9(11)3-2-4-10-5-7-12-8-6-10/h10H,2-8H2,1H3. The Kier molecular flexibility index (Phi) is 4.30. The number of ketones is 1. The zero-order valence-electron chi connectivity index (χ0n) is 7.84. The van der Waals surface area contributed by atoms with Crippen LogP contribution in [0.3, 0.4) is 0 Å². The van der Waals surface area contributed by atoms with Crippen LogP contribution in [0.25, 0.3) is 0 Å². The lowest BCUT2D eigenvalue weighted by atomic mass is 9.94. The minimum absolute atomic E-state index is 0.321. The molecular formula is C10H18O2. The van der Waals surface area contributed by atoms with Gasteiger partial charge in [0.05, 0.1) is 0 Å². The van der Waals surface area contributed by atoms with Gasteiger partial charge in [0.1, 0.15) is 5.78 Å². The van der Waals surface area contributed by atoms with Crippen molar-refractivity contribution in [3.8, 4) is 0 Å². The number of hydrogen-bond donors (Lipinski definition) is 0. The Hall–Kier alpha value is -0.370. The van der Waals surface area contributed by atoms with Crippen LogP contribution in [-0.4, -0.2) is 19.0 Å². The maximum absolute atomic E-state index is 10.7. The molecule has 1 fully saturated rings.